The van der Waals surface area contributed by atoms with Crippen LogP contribution in [-0.4, -0.2) is 188 Å². The lowest BCUT2D eigenvalue weighted by atomic mass is 10.1. The van der Waals surface area contributed by atoms with Gasteiger partial charge in [0.2, 0.25) is 31.1 Å². The molecule has 0 fully saturated rings. The van der Waals surface area contributed by atoms with Crippen LogP contribution in [0.15, 0.2) is 139 Å². The molecule has 2 aromatic heterocycles. The molecule has 8 rings (SSSR count). The van der Waals surface area contributed by atoms with Crippen LogP contribution in [0, 0.1) is 0 Å². The maximum Gasteiger partial charge on any atom is 0.284 e. The molecule has 1 unspecified atom stereocenters. The highest BCUT2D eigenvalue weighted by Gasteiger charge is 2.37. The molecule has 0 spiro atoms. The number of rotatable bonds is 23. The second-order valence-electron chi connectivity index (χ2n) is 24.9. The van der Waals surface area contributed by atoms with Gasteiger partial charge < -0.3 is 23.2 Å². The number of nitrogens with zero attached hydrogens (tertiary/aromatic N) is 10. The van der Waals surface area contributed by atoms with Crippen LogP contribution in [0.5, 0.6) is 0 Å². The second kappa shape index (κ2) is 24.5. The molecule has 0 saturated heterocycles. The normalized spacial score (nSPS) is 15.9. The summed E-state index contributed by atoms with van der Waals surface area (Å²) in [6, 6.07) is 32.8. The number of aryl methyl sites for hydroxylation is 1. The molecule has 0 radical (unpaired) electrons. The highest BCUT2D eigenvalue weighted by Crippen LogP contribution is 2.48. The lowest BCUT2D eigenvalue weighted by Gasteiger charge is -2.35. The summed E-state index contributed by atoms with van der Waals surface area (Å²) in [6.45, 7) is 8.73. The van der Waals surface area contributed by atoms with Gasteiger partial charge in [-0.3, -0.25) is 4.48 Å². The Hall–Kier alpha value is -4.86. The molecule has 18 heteroatoms. The summed E-state index contributed by atoms with van der Waals surface area (Å²) < 4.78 is 65.4. The molecule has 1 atom stereocenters. The predicted molar refractivity (Wildman–Crippen MR) is 335 cm³/mol. The lowest BCUT2D eigenvalue weighted by molar-refractivity contribution is -1.05. The van der Waals surface area contributed by atoms with Crippen LogP contribution in [0.1, 0.15) is 50.9 Å². The summed E-state index contributed by atoms with van der Waals surface area (Å²) in [7, 11) is 22.1. The number of fused-ring (bicyclic) bond motifs is 4. The minimum Gasteiger partial charge on any atom is -0.338 e. The van der Waals surface area contributed by atoms with Gasteiger partial charge in [-0.05, 0) is 71.8 Å². The van der Waals surface area contributed by atoms with Crippen molar-refractivity contribution < 1.29 is 43.9 Å². The summed E-state index contributed by atoms with van der Waals surface area (Å²) in [4.78, 5) is 6.85. The van der Waals surface area contributed by atoms with Crippen LogP contribution >= 0.6 is 23.5 Å². The van der Waals surface area contributed by atoms with Crippen LogP contribution in [-0.2, 0) is 26.6 Å². The first kappa shape index (κ1) is 62.7. The standard InChI is InChI=1S/C61H88N10O4S4.CH4/c1-16-59(67-35-32-48(52-24-18-20-26-54(52)67)44-61-65(5)56-30-28-50(46-58(56)77-61)79(74,75)63(3)37-42-69(9,10)11)71(14,15)40-22-39-70(12,13)38-21-33-66-34-31-47(51-23-17-19-25-53(51)66)43-60-64(4)55-29-27-49(45-57(55)76-60)78(72,73)62(2)36-41-68(6,7)8;/h17-20,23-32,34-35,43-46,59H,16,21-22,33,36-42H2,1-15H3;1H4/q+6;. The molecular formula is C62H92N10O4S4+6. The van der Waals surface area contributed by atoms with Crippen molar-refractivity contribution in [3.05, 3.63) is 131 Å². The van der Waals surface area contributed by atoms with Gasteiger partial charge in [0.05, 0.1) is 171 Å². The van der Waals surface area contributed by atoms with Gasteiger partial charge in [-0.15, -0.1) is 4.57 Å². The second-order valence-corrected chi connectivity index (χ2v) is 31.1. The number of sulfonamides is 2. The molecule has 6 aromatic rings. The number of para-hydroxylation sites is 2. The predicted octanol–water partition coefficient (Wildman–Crippen LogP) is 9.48. The summed E-state index contributed by atoms with van der Waals surface area (Å²) in [5.74, 6) is 0. The van der Waals surface area contributed by atoms with E-state index in [9.17, 15) is 16.8 Å². The third-order valence-corrected chi connectivity index (χ3v) is 21.8. The Kier molecular flexibility index (Phi) is 19.2. The van der Waals surface area contributed by atoms with E-state index in [4.69, 9.17) is 0 Å². The Labute approximate surface area is 489 Å². The highest BCUT2D eigenvalue weighted by molar-refractivity contribution is 8.04. The average Bonchev–Trinajstić information content (AvgIpc) is 3.90. The zero-order chi connectivity index (χ0) is 57.5. The van der Waals surface area contributed by atoms with Gasteiger partial charge in [0.15, 0.2) is 18.9 Å². The Balaban J connectivity index is 0.00000924. The minimum atomic E-state index is -3.63. The van der Waals surface area contributed by atoms with E-state index < -0.39 is 20.0 Å². The van der Waals surface area contributed by atoms with Crippen molar-refractivity contribution >= 4 is 88.9 Å². The smallest absolute Gasteiger partial charge is 0.284 e. The van der Waals surface area contributed by atoms with E-state index in [1.54, 1.807) is 49.8 Å². The topological polar surface area (TPSA) is 89.0 Å². The van der Waals surface area contributed by atoms with E-state index in [1.807, 2.05) is 24.3 Å². The minimum absolute atomic E-state index is 0. The molecular weight excluding hydrogens is 1080 g/mol. The highest BCUT2D eigenvalue weighted by atomic mass is 32.2. The third-order valence-electron chi connectivity index (χ3n) is 15.8. The van der Waals surface area contributed by atoms with E-state index in [-0.39, 0.29) is 13.6 Å². The number of hydrogen-bond acceptors (Lipinski definition) is 8. The van der Waals surface area contributed by atoms with E-state index >= 15 is 0 Å². The Bertz CT molecular complexity index is 3510. The quantitative estimate of drug-likeness (QED) is 0.0464. The molecule has 2 aliphatic rings. The van der Waals surface area contributed by atoms with E-state index in [0.29, 0.717) is 31.8 Å². The maximum absolute atomic E-state index is 13.6. The average molecular weight is 1170 g/mol. The summed E-state index contributed by atoms with van der Waals surface area (Å²) in [5, 5.41) is 4.48. The zero-order valence-corrected chi connectivity index (χ0v) is 52.9. The zero-order valence-electron chi connectivity index (χ0n) is 49.6. The van der Waals surface area contributed by atoms with Crippen LogP contribution in [0.2, 0.25) is 0 Å². The van der Waals surface area contributed by atoms with Crippen molar-refractivity contribution in [2.45, 2.75) is 65.9 Å². The Morgan fingerprint density at radius 3 is 1.51 bits per heavy atom. The first-order chi connectivity index (χ1) is 37.0. The maximum atomic E-state index is 13.6. The Morgan fingerprint density at radius 2 is 1.02 bits per heavy atom. The van der Waals surface area contributed by atoms with Crippen molar-refractivity contribution in [1.82, 2.24) is 8.61 Å². The van der Waals surface area contributed by atoms with Gasteiger partial charge in [-0.25, -0.2) is 16.8 Å². The first-order valence-electron chi connectivity index (χ1n) is 27.6. The third kappa shape index (κ3) is 14.1. The molecule has 432 valence electrons. The fourth-order valence-electron chi connectivity index (χ4n) is 10.8. The first-order valence-corrected chi connectivity index (χ1v) is 32.1. The number of benzene rings is 4. The van der Waals surface area contributed by atoms with Gasteiger partial charge >= 0.3 is 0 Å². The van der Waals surface area contributed by atoms with Gasteiger partial charge in [-0.2, -0.15) is 13.2 Å². The summed E-state index contributed by atoms with van der Waals surface area (Å²) in [6.07, 6.45) is 12.3. The van der Waals surface area contributed by atoms with Crippen molar-refractivity contribution in [3.8, 4) is 0 Å². The summed E-state index contributed by atoms with van der Waals surface area (Å²) >= 11 is 3.23. The van der Waals surface area contributed by atoms with E-state index in [1.165, 1.54) is 30.4 Å². The van der Waals surface area contributed by atoms with E-state index in [2.05, 4.69) is 196 Å². The van der Waals surface area contributed by atoms with Crippen LogP contribution in [0.4, 0.5) is 11.4 Å². The molecule has 14 nitrogen and oxygen atoms in total. The number of likely N-dealkylation sites (N-methyl/N-ethyl adjacent to an activating group) is 4. The molecule has 2 aliphatic heterocycles. The number of anilines is 2. The number of aromatic nitrogens is 2. The molecule has 0 saturated carbocycles. The fraction of sp³-hybridized carbons (Fsp3) is 0.452. The largest absolute Gasteiger partial charge is 0.338 e. The molecule has 80 heavy (non-hydrogen) atoms. The SMILES string of the molecule is C.CCC([n+]1ccc(C=C2Sc3cc(S(=O)(=O)N(C)CC[N+](C)(C)C)ccc3N2C)c2ccccc21)[N+](C)(C)CCC[N+](C)(C)CCC[n+]1ccc(C=C2Sc3cc(S(=O)(=O)N(C)CC[N+](C)(C)C)ccc3N2C)c2ccccc21. The van der Waals surface area contributed by atoms with Crippen molar-refractivity contribution in [2.24, 2.45) is 0 Å². The van der Waals surface area contributed by atoms with Crippen LogP contribution in [0.25, 0.3) is 34.0 Å². The lowest BCUT2D eigenvalue weighted by Crippen LogP contribution is -2.58. The van der Waals surface area contributed by atoms with Crippen molar-refractivity contribution in [2.75, 3.05) is 154 Å². The summed E-state index contributed by atoms with van der Waals surface area (Å²) in [5.41, 5.74) is 6.66. The van der Waals surface area contributed by atoms with Crippen molar-refractivity contribution in [1.29, 1.82) is 0 Å². The monoisotopic (exact) mass is 1170 g/mol. The fourth-order valence-corrected chi connectivity index (χ4v) is 15.6. The Morgan fingerprint density at radius 1 is 0.575 bits per heavy atom. The molecule has 0 N–H and O–H groups in total. The number of hydrogen-bond donors (Lipinski definition) is 0. The van der Waals surface area contributed by atoms with Crippen LogP contribution in [0.3, 0.4) is 0 Å². The van der Waals surface area contributed by atoms with Gasteiger partial charge in [0, 0.05) is 68.7 Å². The number of quaternary nitrogens is 4. The van der Waals surface area contributed by atoms with Gasteiger partial charge in [0.1, 0.15) is 0 Å². The van der Waals surface area contributed by atoms with E-state index in [0.717, 1.165) is 110 Å². The van der Waals surface area contributed by atoms with Gasteiger partial charge in [-0.1, -0.05) is 62.1 Å². The molecule has 4 heterocycles. The van der Waals surface area contributed by atoms with Crippen molar-refractivity contribution in [3.63, 3.8) is 0 Å². The molecule has 0 amide bonds. The number of thioether (sulfide) groups is 2. The van der Waals surface area contributed by atoms with Crippen LogP contribution < -0.4 is 18.9 Å². The van der Waals surface area contributed by atoms with Gasteiger partial charge in [0.25, 0.3) is 6.17 Å². The molecule has 0 bridgehead atoms. The molecule has 0 aliphatic carbocycles. The number of pyridine rings is 2. The molecule has 4 aromatic carbocycles.